The van der Waals surface area contributed by atoms with E-state index in [2.05, 4.69) is 37.9 Å². The Morgan fingerprint density at radius 2 is 1.63 bits per heavy atom. The summed E-state index contributed by atoms with van der Waals surface area (Å²) in [6.45, 7) is 16.3. The van der Waals surface area contributed by atoms with Gasteiger partial charge in [-0.05, 0) is 19.6 Å². The van der Waals surface area contributed by atoms with E-state index in [1.54, 1.807) is 0 Å². The van der Waals surface area contributed by atoms with Crippen LogP contribution in [0.3, 0.4) is 0 Å². The molecule has 0 N–H and O–H groups in total. The number of likely N-dealkylation sites (N-methyl/N-ethyl adjacent to an activating group) is 1. The summed E-state index contributed by atoms with van der Waals surface area (Å²) >= 11 is 11.6. The van der Waals surface area contributed by atoms with Gasteiger partial charge in [0.15, 0.2) is 0 Å². The first-order valence-corrected chi connectivity index (χ1v) is 8.06. The Hall–Kier alpha value is 1.07. The van der Waals surface area contributed by atoms with Gasteiger partial charge in [0.1, 0.15) is 0 Å². The third-order valence-electron chi connectivity index (χ3n) is 2.36. The molecule has 0 bridgehead atoms. The zero-order chi connectivity index (χ0) is 15.7. The van der Waals surface area contributed by atoms with Crippen molar-refractivity contribution < 1.29 is 22.4 Å². The molecule has 0 fully saturated rings. The molecule has 0 aliphatic carbocycles. The molecule has 0 aromatic heterocycles. The Balaban J connectivity index is 0. The molecule has 0 heterocycles. The van der Waals surface area contributed by atoms with E-state index in [1.807, 2.05) is 13.8 Å². The standard InChI is InChI=1S/C13H29N2S2.O.Tc/c1-7-15(10-13(5,6)17)8-11(2)14-9-12(3,4)16;;/h11,16-17H,7-10H2,1-6H3;;/q-1;;+3/p-2. The van der Waals surface area contributed by atoms with Crippen molar-refractivity contribution in [1.29, 1.82) is 0 Å². The van der Waals surface area contributed by atoms with Crippen molar-refractivity contribution in [3.63, 3.8) is 0 Å². The first-order chi connectivity index (χ1) is 8.53. The first-order valence-electron chi connectivity index (χ1n) is 6.49. The normalized spacial score (nSPS) is 13.9. The van der Waals surface area contributed by atoms with Crippen LogP contribution in [0, 0.1) is 0 Å². The minimum absolute atomic E-state index is 0.0625. The Bertz CT molecular complexity index is 230. The van der Waals surface area contributed by atoms with Gasteiger partial charge in [-0.3, -0.25) is 0 Å². The fraction of sp³-hybridized carbons (Fsp3) is 1.00. The molecular formula is C13H27N2OS2Tc. The summed E-state index contributed by atoms with van der Waals surface area (Å²) in [5.41, 5.74) is 0. The van der Waals surface area contributed by atoms with Gasteiger partial charge in [0.2, 0.25) is 0 Å². The molecule has 0 aliphatic rings. The molecular weight excluding hydrogens is 362 g/mol. The van der Waals surface area contributed by atoms with Crippen molar-refractivity contribution in [1.82, 2.24) is 4.90 Å². The average Bonchev–Trinajstić information content (AvgIpc) is 2.25. The molecule has 0 spiro atoms. The minimum atomic E-state index is -0.122. The fourth-order valence-electron chi connectivity index (χ4n) is 1.65. The van der Waals surface area contributed by atoms with Crippen molar-refractivity contribution in [2.75, 3.05) is 26.2 Å². The van der Waals surface area contributed by atoms with Gasteiger partial charge in [0.25, 0.3) is 0 Å². The van der Waals surface area contributed by atoms with Crippen LogP contribution in [0.5, 0.6) is 0 Å². The topological polar surface area (TPSA) is 34.4 Å². The van der Waals surface area contributed by atoms with Crippen LogP contribution in [0.1, 0.15) is 41.5 Å². The van der Waals surface area contributed by atoms with Crippen LogP contribution in [0.25, 0.3) is 5.32 Å². The molecule has 3 nitrogen and oxygen atoms in total. The van der Waals surface area contributed by atoms with Gasteiger partial charge in [-0.2, -0.15) is 11.3 Å². The van der Waals surface area contributed by atoms with E-state index in [0.717, 1.165) is 45.0 Å². The molecule has 0 aromatic carbocycles. The number of nitrogens with zero attached hydrogens (tertiary/aromatic N) is 2. The number of hydrogen-bond acceptors (Lipinski definition) is 4. The molecule has 1 atom stereocenters. The van der Waals surface area contributed by atoms with Gasteiger partial charge in [-0.25, -0.2) is 0 Å². The summed E-state index contributed by atoms with van der Waals surface area (Å²) < 4.78 is 8.04. The molecule has 0 saturated carbocycles. The Morgan fingerprint density at radius 1 is 1.16 bits per heavy atom. The van der Waals surface area contributed by atoms with E-state index in [-0.39, 0.29) is 9.49 Å². The SMILES string of the molecule is CCN(CC(C)[N-]CC(C)(C)[S-])CC(C)(C)[S-].[O]=[Tc+3]. The zero-order valence-electron chi connectivity index (χ0n) is 12.9. The van der Waals surface area contributed by atoms with Gasteiger partial charge >= 0.3 is 22.4 Å². The van der Waals surface area contributed by atoms with E-state index in [4.69, 9.17) is 28.8 Å². The molecule has 0 saturated heterocycles. The molecule has 0 radical (unpaired) electrons. The van der Waals surface area contributed by atoms with Crippen molar-refractivity contribution in [2.24, 2.45) is 0 Å². The van der Waals surface area contributed by atoms with Gasteiger partial charge in [-0.1, -0.05) is 41.5 Å². The van der Waals surface area contributed by atoms with Crippen LogP contribution in [0.2, 0.25) is 0 Å². The van der Waals surface area contributed by atoms with Crippen molar-refractivity contribution in [3.8, 4) is 0 Å². The summed E-state index contributed by atoms with van der Waals surface area (Å²) in [7, 11) is 0. The summed E-state index contributed by atoms with van der Waals surface area (Å²) in [5, 5.41) is 4.63. The maximum absolute atomic E-state index is 8.22. The van der Waals surface area contributed by atoms with E-state index in [0.29, 0.717) is 6.04 Å². The molecule has 1 unspecified atom stereocenters. The monoisotopic (exact) mass is 388 g/mol. The summed E-state index contributed by atoms with van der Waals surface area (Å²) in [5.74, 6) is 0. The third-order valence-corrected chi connectivity index (χ3v) is 2.62. The molecule has 6 heteroatoms. The third kappa shape index (κ3) is 17.0. The molecule has 0 aromatic rings. The summed E-state index contributed by atoms with van der Waals surface area (Å²) in [6, 6.07) is 0.328. The van der Waals surface area contributed by atoms with E-state index < -0.39 is 0 Å². The predicted octanol–water partition coefficient (Wildman–Crippen LogP) is 2.60. The first kappa shape index (κ1) is 22.4. The van der Waals surface area contributed by atoms with Crippen LogP contribution in [0.4, 0.5) is 0 Å². The molecule has 0 amide bonds. The van der Waals surface area contributed by atoms with Crippen LogP contribution in [-0.4, -0.2) is 46.6 Å². The van der Waals surface area contributed by atoms with Crippen LogP contribution >= 0.6 is 0 Å². The van der Waals surface area contributed by atoms with Crippen LogP contribution in [0.15, 0.2) is 0 Å². The molecule has 0 rings (SSSR count). The molecule has 0 aliphatic heterocycles. The van der Waals surface area contributed by atoms with Gasteiger partial charge < -0.3 is 35.5 Å². The van der Waals surface area contributed by atoms with E-state index >= 15 is 0 Å². The van der Waals surface area contributed by atoms with Crippen LogP contribution < -0.4 is 0 Å². The molecule has 19 heavy (non-hydrogen) atoms. The van der Waals surface area contributed by atoms with Gasteiger partial charge in [0, 0.05) is 0 Å². The Morgan fingerprint density at radius 3 is 1.95 bits per heavy atom. The van der Waals surface area contributed by atoms with Crippen molar-refractivity contribution in [3.05, 3.63) is 5.32 Å². The van der Waals surface area contributed by atoms with Crippen LogP contribution in [-0.2, 0) is 47.6 Å². The quantitative estimate of drug-likeness (QED) is 0.598. The summed E-state index contributed by atoms with van der Waals surface area (Å²) in [6.07, 6.45) is 0. The van der Waals surface area contributed by atoms with E-state index in [9.17, 15) is 0 Å². The number of rotatable bonds is 8. The Labute approximate surface area is 140 Å². The van der Waals surface area contributed by atoms with E-state index in [1.165, 1.54) is 0 Å². The van der Waals surface area contributed by atoms with Crippen molar-refractivity contribution >= 4 is 25.3 Å². The second kappa shape index (κ2) is 10.7. The predicted molar refractivity (Wildman–Crippen MR) is 83.4 cm³/mol. The maximum atomic E-state index is 8.22. The van der Waals surface area contributed by atoms with Gasteiger partial charge in [-0.15, -0.1) is 10.8 Å². The number of hydrogen-bond donors (Lipinski definition) is 0. The molecule has 114 valence electrons. The Kier molecular flexibility index (Phi) is 12.6. The average molecular weight is 390 g/mol. The van der Waals surface area contributed by atoms with Crippen molar-refractivity contribution in [2.45, 2.75) is 57.1 Å². The zero-order valence-corrected chi connectivity index (χ0v) is 16.4. The second-order valence-corrected chi connectivity index (χ2v) is 8.25. The van der Waals surface area contributed by atoms with Gasteiger partial charge in [0.05, 0.1) is 0 Å². The fourth-order valence-corrected chi connectivity index (χ4v) is 1.91. The summed E-state index contributed by atoms with van der Waals surface area (Å²) in [4.78, 5) is 2.37. The second-order valence-electron chi connectivity index (χ2n) is 6.04.